The maximum atomic E-state index is 11.9. The first-order valence-electron chi connectivity index (χ1n) is 7.71. The Kier molecular flexibility index (Phi) is 6.54. The monoisotopic (exact) mass is 324 g/mol. The number of carbonyl (C=O) groups excluding carboxylic acids is 1. The number of esters is 1. The molecular formula is C17H24O6. The largest absolute Gasteiger partial charge is 0.481 e. The number of unbranched alkanes of at least 4 members (excludes halogenated alkanes) is 2. The lowest BCUT2D eigenvalue weighted by Crippen LogP contribution is -2.51. The summed E-state index contributed by atoms with van der Waals surface area (Å²) in [6.45, 7) is 5.06. The summed E-state index contributed by atoms with van der Waals surface area (Å²) in [6, 6.07) is 0. The van der Waals surface area contributed by atoms with Crippen LogP contribution < -0.4 is 0 Å². The van der Waals surface area contributed by atoms with E-state index in [1.54, 1.807) is 12.2 Å². The van der Waals surface area contributed by atoms with Crippen LogP contribution in [0.25, 0.3) is 0 Å². The van der Waals surface area contributed by atoms with E-state index in [0.717, 1.165) is 6.08 Å². The van der Waals surface area contributed by atoms with Crippen LogP contribution in [0.3, 0.4) is 0 Å². The van der Waals surface area contributed by atoms with Gasteiger partial charge in [-0.25, -0.2) is 4.79 Å². The summed E-state index contributed by atoms with van der Waals surface area (Å²) in [5.41, 5.74) is -2.62. The molecule has 0 spiro atoms. The minimum atomic E-state index is -1.32. The Hall–Kier alpha value is -2.11. The van der Waals surface area contributed by atoms with Crippen LogP contribution in [-0.2, 0) is 19.1 Å². The van der Waals surface area contributed by atoms with Crippen molar-refractivity contribution < 1.29 is 29.3 Å². The molecule has 0 aliphatic heterocycles. The van der Waals surface area contributed by atoms with Gasteiger partial charge < -0.3 is 14.9 Å². The number of carboxylic acids is 2. The fourth-order valence-corrected chi connectivity index (χ4v) is 3.06. The van der Waals surface area contributed by atoms with Crippen molar-refractivity contribution in [2.75, 3.05) is 6.61 Å². The maximum Gasteiger partial charge on any atom is 0.330 e. The molecule has 1 aliphatic rings. The molecule has 0 aromatic carbocycles. The van der Waals surface area contributed by atoms with Crippen LogP contribution in [-0.4, -0.2) is 34.7 Å². The fraction of sp³-hybridized carbons (Fsp3) is 0.588. The average molecular weight is 324 g/mol. The van der Waals surface area contributed by atoms with E-state index in [9.17, 15) is 24.6 Å². The van der Waals surface area contributed by atoms with Gasteiger partial charge in [-0.2, -0.15) is 0 Å². The molecule has 0 saturated heterocycles. The van der Waals surface area contributed by atoms with Crippen LogP contribution in [0.4, 0.5) is 0 Å². The second kappa shape index (κ2) is 7.94. The number of carboxylic acid groups (broad SMARTS) is 2. The third-order valence-electron chi connectivity index (χ3n) is 4.76. The molecule has 0 amide bonds. The first-order valence-corrected chi connectivity index (χ1v) is 7.71. The summed E-state index contributed by atoms with van der Waals surface area (Å²) in [4.78, 5) is 34.4. The number of allylic oxidation sites excluding steroid dienone is 2. The van der Waals surface area contributed by atoms with Crippen molar-refractivity contribution in [1.82, 2.24) is 0 Å². The molecule has 1 aliphatic carbocycles. The molecule has 128 valence electrons. The Bertz CT molecular complexity index is 509. The van der Waals surface area contributed by atoms with Crippen molar-refractivity contribution in [3.05, 3.63) is 24.8 Å². The van der Waals surface area contributed by atoms with Gasteiger partial charge in [-0.15, -0.1) is 0 Å². The van der Waals surface area contributed by atoms with E-state index in [-0.39, 0.29) is 25.9 Å². The number of carbonyl (C=O) groups is 3. The van der Waals surface area contributed by atoms with E-state index < -0.39 is 28.7 Å². The van der Waals surface area contributed by atoms with Crippen LogP contribution >= 0.6 is 0 Å². The number of aliphatic carboxylic acids is 2. The number of ether oxygens (including phenoxy) is 1. The SMILES string of the molecule is C=CC(=O)OCCCCCC1(C(=O)O)CC=CCC1(C)C(=O)O. The zero-order valence-electron chi connectivity index (χ0n) is 13.4. The summed E-state index contributed by atoms with van der Waals surface area (Å²) in [6.07, 6.45) is 7.14. The van der Waals surface area contributed by atoms with Gasteiger partial charge in [0.05, 0.1) is 17.4 Å². The van der Waals surface area contributed by atoms with Crippen molar-refractivity contribution in [3.8, 4) is 0 Å². The van der Waals surface area contributed by atoms with Crippen LogP contribution in [0.15, 0.2) is 24.8 Å². The fourth-order valence-electron chi connectivity index (χ4n) is 3.06. The second-order valence-electron chi connectivity index (χ2n) is 6.09. The second-order valence-corrected chi connectivity index (χ2v) is 6.09. The van der Waals surface area contributed by atoms with Crippen LogP contribution in [0.5, 0.6) is 0 Å². The normalized spacial score (nSPS) is 26.5. The zero-order valence-corrected chi connectivity index (χ0v) is 13.4. The molecular weight excluding hydrogens is 300 g/mol. The minimum absolute atomic E-state index is 0.214. The highest BCUT2D eigenvalue weighted by atomic mass is 16.5. The Morgan fingerprint density at radius 3 is 2.35 bits per heavy atom. The minimum Gasteiger partial charge on any atom is -0.481 e. The number of rotatable bonds is 9. The van der Waals surface area contributed by atoms with E-state index in [1.807, 2.05) is 0 Å². The van der Waals surface area contributed by atoms with E-state index >= 15 is 0 Å². The molecule has 0 aromatic heterocycles. The maximum absolute atomic E-state index is 11.9. The summed E-state index contributed by atoms with van der Waals surface area (Å²) >= 11 is 0. The lowest BCUT2D eigenvalue weighted by Gasteiger charge is -2.44. The van der Waals surface area contributed by atoms with Gasteiger partial charge in [-0.3, -0.25) is 9.59 Å². The first kappa shape index (κ1) is 18.9. The molecule has 2 unspecified atom stereocenters. The highest BCUT2D eigenvalue weighted by Gasteiger charge is 2.57. The summed E-state index contributed by atoms with van der Waals surface area (Å²) in [5, 5.41) is 19.2. The molecule has 23 heavy (non-hydrogen) atoms. The van der Waals surface area contributed by atoms with Crippen LogP contribution in [0, 0.1) is 10.8 Å². The highest BCUT2D eigenvalue weighted by Crippen LogP contribution is 2.51. The molecule has 0 aromatic rings. The highest BCUT2D eigenvalue weighted by molar-refractivity contribution is 5.87. The predicted molar refractivity (Wildman–Crippen MR) is 83.8 cm³/mol. The molecule has 2 N–H and O–H groups in total. The van der Waals surface area contributed by atoms with Crippen molar-refractivity contribution in [1.29, 1.82) is 0 Å². The van der Waals surface area contributed by atoms with Gasteiger partial charge in [0.25, 0.3) is 0 Å². The average Bonchev–Trinajstić information content (AvgIpc) is 2.51. The summed E-state index contributed by atoms with van der Waals surface area (Å²) in [7, 11) is 0. The van der Waals surface area contributed by atoms with Gasteiger partial charge >= 0.3 is 17.9 Å². The Labute approximate surface area is 135 Å². The lowest BCUT2D eigenvalue weighted by atomic mass is 9.56. The molecule has 0 fully saturated rings. The van der Waals surface area contributed by atoms with E-state index in [1.165, 1.54) is 6.92 Å². The van der Waals surface area contributed by atoms with E-state index in [4.69, 9.17) is 4.74 Å². The van der Waals surface area contributed by atoms with Crippen molar-refractivity contribution in [2.45, 2.75) is 45.4 Å². The molecule has 2 atom stereocenters. The Morgan fingerprint density at radius 2 is 1.78 bits per heavy atom. The van der Waals surface area contributed by atoms with Gasteiger partial charge in [-0.05, 0) is 32.6 Å². The third-order valence-corrected chi connectivity index (χ3v) is 4.76. The van der Waals surface area contributed by atoms with Gasteiger partial charge in [0, 0.05) is 6.08 Å². The smallest absolute Gasteiger partial charge is 0.330 e. The van der Waals surface area contributed by atoms with Gasteiger partial charge in [0.1, 0.15) is 0 Å². The molecule has 0 heterocycles. The van der Waals surface area contributed by atoms with Crippen molar-refractivity contribution >= 4 is 17.9 Å². The quantitative estimate of drug-likeness (QED) is 0.293. The Balaban J connectivity index is 2.66. The topological polar surface area (TPSA) is 101 Å². The molecule has 0 bridgehead atoms. The third kappa shape index (κ3) is 4.00. The summed E-state index contributed by atoms with van der Waals surface area (Å²) < 4.78 is 4.86. The van der Waals surface area contributed by atoms with Crippen LogP contribution in [0.1, 0.15) is 45.4 Å². The van der Waals surface area contributed by atoms with Crippen molar-refractivity contribution in [3.63, 3.8) is 0 Å². The summed E-state index contributed by atoms with van der Waals surface area (Å²) in [5.74, 6) is -2.63. The molecule has 6 heteroatoms. The first-order chi connectivity index (χ1) is 10.8. The van der Waals surface area contributed by atoms with Gasteiger partial charge in [-0.1, -0.05) is 31.6 Å². The predicted octanol–water partition coefficient (Wildman–Crippen LogP) is 2.79. The van der Waals surface area contributed by atoms with E-state index in [2.05, 4.69) is 6.58 Å². The number of hydrogen-bond donors (Lipinski definition) is 2. The van der Waals surface area contributed by atoms with Gasteiger partial charge in [0.15, 0.2) is 0 Å². The van der Waals surface area contributed by atoms with Gasteiger partial charge in [0.2, 0.25) is 0 Å². The molecule has 0 saturated carbocycles. The lowest BCUT2D eigenvalue weighted by molar-refractivity contribution is -0.174. The van der Waals surface area contributed by atoms with Crippen LogP contribution in [0.2, 0.25) is 0 Å². The Morgan fingerprint density at radius 1 is 1.13 bits per heavy atom. The molecule has 0 radical (unpaired) electrons. The molecule has 1 rings (SSSR count). The molecule has 6 nitrogen and oxygen atoms in total. The zero-order chi connectivity index (χ0) is 17.5. The van der Waals surface area contributed by atoms with Crippen molar-refractivity contribution in [2.24, 2.45) is 10.8 Å². The van der Waals surface area contributed by atoms with E-state index in [0.29, 0.717) is 19.3 Å². The standard InChI is InChI=1S/C17H24O6/c1-3-13(18)23-12-8-4-5-10-17(15(21)22)11-7-6-9-16(17,2)14(19)20/h3,6-7H,1,4-5,8-12H2,2H3,(H,19,20)(H,21,22). The number of hydrogen-bond acceptors (Lipinski definition) is 4.